The molecule has 1 aliphatic rings. The molecule has 7 heteroatoms. The summed E-state index contributed by atoms with van der Waals surface area (Å²) in [6.45, 7) is 4.62. The van der Waals surface area contributed by atoms with Crippen LogP contribution in [0.1, 0.15) is 33.9 Å². The minimum Gasteiger partial charge on any atom is -0.398 e. The topological polar surface area (TPSA) is 92.8 Å². The molecular formula is C19H22N6O. The second kappa shape index (κ2) is 6.01. The summed E-state index contributed by atoms with van der Waals surface area (Å²) in [7, 11) is 1.90. The molecule has 0 aliphatic carbocycles. The predicted octanol–water partition coefficient (Wildman–Crippen LogP) is 2.60. The first-order valence-corrected chi connectivity index (χ1v) is 8.72. The summed E-state index contributed by atoms with van der Waals surface area (Å²) in [6, 6.07) is 7.53. The fourth-order valence-electron chi connectivity index (χ4n) is 3.71. The van der Waals surface area contributed by atoms with Gasteiger partial charge in [0.05, 0.1) is 11.4 Å². The maximum atomic E-state index is 13.1. The van der Waals surface area contributed by atoms with E-state index in [2.05, 4.69) is 15.3 Å². The summed E-state index contributed by atoms with van der Waals surface area (Å²) >= 11 is 0. The number of nitrogens with zero attached hydrogens (tertiary/aromatic N) is 4. The van der Waals surface area contributed by atoms with Crippen molar-refractivity contribution in [2.45, 2.75) is 26.7 Å². The van der Waals surface area contributed by atoms with Gasteiger partial charge in [-0.2, -0.15) is 10.2 Å². The Hall–Kier alpha value is -3.09. The number of hydrogen-bond donors (Lipinski definition) is 2. The molecule has 7 nitrogen and oxygen atoms in total. The Morgan fingerprint density at radius 1 is 1.31 bits per heavy atom. The van der Waals surface area contributed by atoms with Crippen LogP contribution < -0.4 is 10.6 Å². The van der Waals surface area contributed by atoms with Gasteiger partial charge in [-0.25, -0.2) is 0 Å². The first-order chi connectivity index (χ1) is 12.5. The number of carbonyl (C=O) groups is 1. The summed E-state index contributed by atoms with van der Waals surface area (Å²) in [5, 5.41) is 11.7. The van der Waals surface area contributed by atoms with Crippen LogP contribution in [0.3, 0.4) is 0 Å². The van der Waals surface area contributed by atoms with Crippen LogP contribution >= 0.6 is 0 Å². The normalized spacial score (nSPS) is 13.7. The zero-order chi connectivity index (χ0) is 18.4. The van der Waals surface area contributed by atoms with Gasteiger partial charge in [-0.1, -0.05) is 6.07 Å². The minimum atomic E-state index is -0.0884. The Labute approximate surface area is 151 Å². The first kappa shape index (κ1) is 16.4. The van der Waals surface area contributed by atoms with E-state index in [-0.39, 0.29) is 5.91 Å². The Morgan fingerprint density at radius 3 is 2.85 bits per heavy atom. The molecule has 0 atom stereocenters. The van der Waals surface area contributed by atoms with Crippen LogP contribution in [0.2, 0.25) is 0 Å². The van der Waals surface area contributed by atoms with E-state index in [1.807, 2.05) is 43.8 Å². The SMILES string of the molecule is Cc1nn(C)c(C)c1-c1cc(C(=O)N2CCCc3c(N)cccc32)[nH]n1. The standard InChI is InChI=1S/C19H22N6O/c1-11-18(12(2)24(3)23-11)15-10-16(22-21-15)19(26)25-9-5-6-13-14(20)7-4-8-17(13)25/h4,7-8,10H,5-6,9,20H2,1-3H3,(H,21,22). The molecule has 0 spiro atoms. The molecule has 0 bridgehead atoms. The van der Waals surface area contributed by atoms with Crippen molar-refractivity contribution >= 4 is 17.3 Å². The number of aromatic amines is 1. The van der Waals surface area contributed by atoms with Crippen LogP contribution in [0.5, 0.6) is 0 Å². The Kier molecular flexibility index (Phi) is 3.79. The van der Waals surface area contributed by atoms with Gasteiger partial charge >= 0.3 is 0 Å². The van der Waals surface area contributed by atoms with Crippen LogP contribution in [0.15, 0.2) is 24.3 Å². The lowest BCUT2D eigenvalue weighted by Gasteiger charge is -2.29. The monoisotopic (exact) mass is 350 g/mol. The van der Waals surface area contributed by atoms with Crippen LogP contribution in [-0.2, 0) is 13.5 Å². The van der Waals surface area contributed by atoms with E-state index in [1.165, 1.54) is 0 Å². The van der Waals surface area contributed by atoms with Crippen molar-refractivity contribution in [2.24, 2.45) is 7.05 Å². The van der Waals surface area contributed by atoms with Gasteiger partial charge in [0.2, 0.25) is 0 Å². The lowest BCUT2D eigenvalue weighted by atomic mass is 9.99. The second-order valence-electron chi connectivity index (χ2n) is 6.74. The summed E-state index contributed by atoms with van der Waals surface area (Å²) < 4.78 is 1.82. The summed E-state index contributed by atoms with van der Waals surface area (Å²) in [5.41, 5.74) is 12.9. The molecule has 0 radical (unpaired) electrons. The van der Waals surface area contributed by atoms with Crippen LogP contribution in [0, 0.1) is 13.8 Å². The number of rotatable bonds is 2. The van der Waals surface area contributed by atoms with Crippen LogP contribution in [0.25, 0.3) is 11.3 Å². The number of nitrogen functional groups attached to an aromatic ring is 1. The molecule has 3 aromatic rings. The number of nitrogens with one attached hydrogen (secondary N) is 1. The molecule has 3 N–H and O–H groups in total. The summed E-state index contributed by atoms with van der Waals surface area (Å²) in [6.07, 6.45) is 1.79. The van der Waals surface area contributed by atoms with E-state index < -0.39 is 0 Å². The van der Waals surface area contributed by atoms with Gasteiger partial charge in [0.25, 0.3) is 5.91 Å². The number of anilines is 2. The number of hydrogen-bond acceptors (Lipinski definition) is 4. The molecule has 0 saturated heterocycles. The highest BCUT2D eigenvalue weighted by Crippen LogP contribution is 2.32. The number of aryl methyl sites for hydroxylation is 2. The van der Waals surface area contributed by atoms with Gasteiger partial charge in [0.15, 0.2) is 0 Å². The van der Waals surface area contributed by atoms with Crippen molar-refractivity contribution in [3.63, 3.8) is 0 Å². The molecule has 4 rings (SSSR count). The molecule has 1 aromatic carbocycles. The molecule has 3 heterocycles. The van der Waals surface area contributed by atoms with Crippen molar-refractivity contribution in [1.29, 1.82) is 0 Å². The zero-order valence-corrected chi connectivity index (χ0v) is 15.2. The third-order valence-electron chi connectivity index (χ3n) is 5.11. The highest BCUT2D eigenvalue weighted by Gasteiger charge is 2.26. The molecule has 0 unspecified atom stereocenters. The van der Waals surface area contributed by atoms with E-state index in [1.54, 1.807) is 11.0 Å². The second-order valence-corrected chi connectivity index (χ2v) is 6.74. The Balaban J connectivity index is 1.69. The number of aromatic nitrogens is 4. The maximum absolute atomic E-state index is 13.1. The van der Waals surface area contributed by atoms with Gasteiger partial charge in [0, 0.05) is 36.2 Å². The Bertz CT molecular complexity index is 1000. The summed E-state index contributed by atoms with van der Waals surface area (Å²) in [5.74, 6) is -0.0884. The van der Waals surface area contributed by atoms with Gasteiger partial charge in [-0.3, -0.25) is 14.6 Å². The van der Waals surface area contributed by atoms with Gasteiger partial charge in [0.1, 0.15) is 5.69 Å². The Morgan fingerprint density at radius 2 is 2.12 bits per heavy atom. The van der Waals surface area contributed by atoms with Crippen LogP contribution in [0.4, 0.5) is 11.4 Å². The number of fused-ring (bicyclic) bond motifs is 1. The average Bonchev–Trinajstić information content (AvgIpc) is 3.19. The smallest absolute Gasteiger partial charge is 0.276 e. The van der Waals surface area contributed by atoms with Crippen molar-refractivity contribution in [2.75, 3.05) is 17.2 Å². The third-order valence-corrected chi connectivity index (χ3v) is 5.11. The average molecular weight is 350 g/mol. The van der Waals surface area contributed by atoms with E-state index in [9.17, 15) is 4.79 Å². The van der Waals surface area contributed by atoms with Gasteiger partial charge in [-0.15, -0.1) is 0 Å². The molecule has 2 aromatic heterocycles. The number of H-pyrrole nitrogens is 1. The van der Waals surface area contributed by atoms with E-state index in [0.717, 1.165) is 52.4 Å². The van der Waals surface area contributed by atoms with Crippen molar-refractivity contribution in [3.05, 3.63) is 46.9 Å². The molecule has 134 valence electrons. The molecule has 1 aliphatic heterocycles. The molecule has 1 amide bonds. The van der Waals surface area contributed by atoms with Crippen LogP contribution in [-0.4, -0.2) is 32.4 Å². The fraction of sp³-hybridized carbons (Fsp3) is 0.316. The van der Waals surface area contributed by atoms with Gasteiger partial charge < -0.3 is 10.6 Å². The zero-order valence-electron chi connectivity index (χ0n) is 15.2. The molecule has 26 heavy (non-hydrogen) atoms. The van der Waals surface area contributed by atoms with E-state index in [4.69, 9.17) is 5.73 Å². The maximum Gasteiger partial charge on any atom is 0.276 e. The fourth-order valence-corrected chi connectivity index (χ4v) is 3.71. The summed E-state index contributed by atoms with van der Waals surface area (Å²) in [4.78, 5) is 14.9. The lowest BCUT2D eigenvalue weighted by molar-refractivity contribution is 0.0980. The number of carbonyl (C=O) groups excluding carboxylic acids is 1. The molecular weight excluding hydrogens is 328 g/mol. The quantitative estimate of drug-likeness (QED) is 0.695. The van der Waals surface area contributed by atoms with Crippen molar-refractivity contribution in [3.8, 4) is 11.3 Å². The van der Waals surface area contributed by atoms with Crippen molar-refractivity contribution < 1.29 is 4.79 Å². The largest absolute Gasteiger partial charge is 0.398 e. The van der Waals surface area contributed by atoms with Gasteiger partial charge in [-0.05, 0) is 50.5 Å². The first-order valence-electron chi connectivity index (χ1n) is 8.72. The van der Waals surface area contributed by atoms with E-state index in [0.29, 0.717) is 12.2 Å². The third kappa shape index (κ3) is 2.47. The molecule has 0 fully saturated rings. The number of nitrogens with two attached hydrogens (primary N) is 1. The minimum absolute atomic E-state index is 0.0884. The number of benzene rings is 1. The van der Waals surface area contributed by atoms with E-state index >= 15 is 0 Å². The lowest BCUT2D eigenvalue weighted by Crippen LogP contribution is -2.36. The number of amides is 1. The highest BCUT2D eigenvalue weighted by molar-refractivity contribution is 6.06. The molecule has 0 saturated carbocycles. The predicted molar refractivity (Wildman–Crippen MR) is 101 cm³/mol. The highest BCUT2D eigenvalue weighted by atomic mass is 16.2. The van der Waals surface area contributed by atoms with Crippen molar-refractivity contribution in [1.82, 2.24) is 20.0 Å².